The molecule has 0 saturated carbocycles. The van der Waals surface area contributed by atoms with Crippen molar-refractivity contribution in [2.24, 2.45) is 0 Å². The molecular weight excluding hydrogens is 290 g/mol. The van der Waals surface area contributed by atoms with Crippen LogP contribution in [0.5, 0.6) is 5.75 Å². The van der Waals surface area contributed by atoms with Crippen LogP contribution in [-0.2, 0) is 0 Å². The smallest absolute Gasteiger partial charge is 0.280 e. The molecule has 118 valence electrons. The zero-order valence-corrected chi connectivity index (χ0v) is 12.9. The first-order valence-corrected chi connectivity index (χ1v) is 8.07. The van der Waals surface area contributed by atoms with E-state index in [1.165, 1.54) is 25.1 Å². The Balaban J connectivity index is 1.76. The van der Waals surface area contributed by atoms with Gasteiger partial charge in [0.2, 0.25) is 0 Å². The first kappa shape index (κ1) is 14.1. The summed E-state index contributed by atoms with van der Waals surface area (Å²) in [5.74, 6) is -0.304. The van der Waals surface area contributed by atoms with Crippen molar-refractivity contribution >= 4 is 17.3 Å². The summed E-state index contributed by atoms with van der Waals surface area (Å²) in [5.41, 5.74) is 2.12. The summed E-state index contributed by atoms with van der Waals surface area (Å²) in [6.07, 6.45) is 5.02. The summed E-state index contributed by atoms with van der Waals surface area (Å²) in [5, 5.41) is 9.97. The van der Waals surface area contributed by atoms with Crippen molar-refractivity contribution in [1.29, 1.82) is 0 Å². The Bertz CT molecular complexity index is 747. The van der Waals surface area contributed by atoms with E-state index in [0.29, 0.717) is 12.6 Å². The highest BCUT2D eigenvalue weighted by Crippen LogP contribution is 2.39. The first-order valence-electron chi connectivity index (χ1n) is 8.07. The number of aromatic hydroxyl groups is 1. The van der Waals surface area contributed by atoms with E-state index in [9.17, 15) is 9.90 Å². The zero-order valence-electron chi connectivity index (χ0n) is 12.9. The van der Waals surface area contributed by atoms with Crippen LogP contribution in [-0.4, -0.2) is 35.1 Å². The molecule has 2 aliphatic rings. The number of carbonyl (C=O) groups excluding carboxylic acids is 1. The molecule has 5 heteroatoms. The molecule has 3 heterocycles. The molecule has 0 spiro atoms. The van der Waals surface area contributed by atoms with Crippen LogP contribution in [0.2, 0.25) is 0 Å². The standard InChI is InChI=1S/C18H19N3O2/c22-16-9-5-10-19-17(16)18(23)21-12-13-6-3-4-11-20(13)14-7-1-2-8-15(14)21/h1-2,5,7-10,13,22H,3-4,6,11-12H2. The number of rotatable bonds is 1. The van der Waals surface area contributed by atoms with Gasteiger partial charge in [-0.1, -0.05) is 12.1 Å². The maximum Gasteiger partial charge on any atom is 0.280 e. The molecule has 0 bridgehead atoms. The molecule has 0 aliphatic carbocycles. The van der Waals surface area contributed by atoms with Gasteiger partial charge in [-0.25, -0.2) is 4.98 Å². The molecular formula is C18H19N3O2. The lowest BCUT2D eigenvalue weighted by Crippen LogP contribution is -2.53. The van der Waals surface area contributed by atoms with Crippen LogP contribution >= 0.6 is 0 Å². The molecule has 1 unspecified atom stereocenters. The highest BCUT2D eigenvalue weighted by molar-refractivity contribution is 6.08. The van der Waals surface area contributed by atoms with Crippen molar-refractivity contribution in [3.8, 4) is 5.75 Å². The van der Waals surface area contributed by atoms with E-state index in [1.54, 1.807) is 11.0 Å². The van der Waals surface area contributed by atoms with Crippen LogP contribution in [0.1, 0.15) is 29.8 Å². The fourth-order valence-electron chi connectivity index (χ4n) is 3.63. The summed E-state index contributed by atoms with van der Waals surface area (Å²) in [6.45, 7) is 1.68. The Morgan fingerprint density at radius 2 is 1.96 bits per heavy atom. The molecule has 4 rings (SSSR count). The van der Waals surface area contributed by atoms with Crippen LogP contribution in [0.25, 0.3) is 0 Å². The minimum absolute atomic E-state index is 0.0685. The molecule has 5 nitrogen and oxygen atoms in total. The third-order valence-corrected chi connectivity index (χ3v) is 4.74. The average Bonchev–Trinajstić information content (AvgIpc) is 2.61. The number of piperidine rings is 1. The van der Waals surface area contributed by atoms with Crippen molar-refractivity contribution < 1.29 is 9.90 Å². The molecule has 2 aromatic rings. The number of fused-ring (bicyclic) bond motifs is 3. The number of hydrogen-bond acceptors (Lipinski definition) is 4. The summed E-state index contributed by atoms with van der Waals surface area (Å²) in [4.78, 5) is 21.2. The lowest BCUT2D eigenvalue weighted by molar-refractivity contribution is 0.0975. The average molecular weight is 309 g/mol. The molecule has 1 atom stereocenters. The SMILES string of the molecule is O=C(c1ncccc1O)N1CC2CCCCN2c2ccccc21. The Labute approximate surface area is 135 Å². The van der Waals surface area contributed by atoms with Gasteiger partial charge in [0.25, 0.3) is 5.91 Å². The number of hydrogen-bond donors (Lipinski definition) is 1. The minimum Gasteiger partial charge on any atom is -0.505 e. The van der Waals surface area contributed by atoms with Gasteiger partial charge in [0.1, 0.15) is 5.75 Å². The highest BCUT2D eigenvalue weighted by atomic mass is 16.3. The van der Waals surface area contributed by atoms with Gasteiger partial charge in [0.15, 0.2) is 5.69 Å². The molecule has 1 amide bonds. The fourth-order valence-corrected chi connectivity index (χ4v) is 3.63. The molecule has 1 N–H and O–H groups in total. The van der Waals surface area contributed by atoms with Crippen LogP contribution in [0.4, 0.5) is 11.4 Å². The molecule has 2 aliphatic heterocycles. The van der Waals surface area contributed by atoms with Gasteiger partial charge in [0, 0.05) is 25.3 Å². The maximum atomic E-state index is 12.9. The van der Waals surface area contributed by atoms with E-state index in [1.807, 2.05) is 18.2 Å². The van der Waals surface area contributed by atoms with Gasteiger partial charge in [-0.3, -0.25) is 4.79 Å². The minimum atomic E-state index is -0.235. The van der Waals surface area contributed by atoms with Crippen LogP contribution in [0.3, 0.4) is 0 Å². The van der Waals surface area contributed by atoms with Crippen LogP contribution in [0, 0.1) is 0 Å². The monoisotopic (exact) mass is 309 g/mol. The Kier molecular flexibility index (Phi) is 3.41. The third-order valence-electron chi connectivity index (χ3n) is 4.74. The van der Waals surface area contributed by atoms with Gasteiger partial charge < -0.3 is 14.9 Å². The Morgan fingerprint density at radius 1 is 1.13 bits per heavy atom. The molecule has 1 aromatic carbocycles. The normalized spacial score (nSPS) is 19.9. The van der Waals surface area contributed by atoms with E-state index in [0.717, 1.165) is 24.3 Å². The summed E-state index contributed by atoms with van der Waals surface area (Å²) in [6, 6.07) is 11.5. The predicted molar refractivity (Wildman–Crippen MR) is 89.0 cm³/mol. The molecule has 1 fully saturated rings. The van der Waals surface area contributed by atoms with E-state index < -0.39 is 0 Å². The number of pyridine rings is 1. The van der Waals surface area contributed by atoms with Crippen molar-refractivity contribution in [3.05, 3.63) is 48.3 Å². The van der Waals surface area contributed by atoms with Crippen molar-refractivity contribution in [1.82, 2.24) is 4.98 Å². The van der Waals surface area contributed by atoms with Gasteiger partial charge in [-0.05, 0) is 43.5 Å². The summed E-state index contributed by atoms with van der Waals surface area (Å²) < 4.78 is 0. The molecule has 0 radical (unpaired) electrons. The number of anilines is 2. The number of carbonyl (C=O) groups is 1. The maximum absolute atomic E-state index is 12.9. The second-order valence-corrected chi connectivity index (χ2v) is 6.12. The number of aromatic nitrogens is 1. The third kappa shape index (κ3) is 2.32. The van der Waals surface area contributed by atoms with E-state index >= 15 is 0 Å². The van der Waals surface area contributed by atoms with Crippen LogP contribution in [0.15, 0.2) is 42.6 Å². The summed E-state index contributed by atoms with van der Waals surface area (Å²) >= 11 is 0. The molecule has 23 heavy (non-hydrogen) atoms. The van der Waals surface area contributed by atoms with Gasteiger partial charge in [-0.2, -0.15) is 0 Å². The largest absolute Gasteiger partial charge is 0.505 e. The quantitative estimate of drug-likeness (QED) is 0.880. The topological polar surface area (TPSA) is 56.7 Å². The molecule has 1 aromatic heterocycles. The van der Waals surface area contributed by atoms with Gasteiger partial charge >= 0.3 is 0 Å². The lowest BCUT2D eigenvalue weighted by Gasteiger charge is -2.46. The number of para-hydroxylation sites is 2. The van der Waals surface area contributed by atoms with Gasteiger partial charge in [0.05, 0.1) is 11.4 Å². The predicted octanol–water partition coefficient (Wildman–Crippen LogP) is 2.81. The second-order valence-electron chi connectivity index (χ2n) is 6.12. The highest BCUT2D eigenvalue weighted by Gasteiger charge is 2.35. The van der Waals surface area contributed by atoms with Crippen molar-refractivity contribution in [2.45, 2.75) is 25.3 Å². The second kappa shape index (κ2) is 5.57. The number of amides is 1. The lowest BCUT2D eigenvalue weighted by atomic mass is 9.96. The fraction of sp³-hybridized carbons (Fsp3) is 0.333. The van der Waals surface area contributed by atoms with Gasteiger partial charge in [-0.15, -0.1) is 0 Å². The van der Waals surface area contributed by atoms with Crippen molar-refractivity contribution in [2.75, 3.05) is 22.9 Å². The number of nitrogens with zero attached hydrogens (tertiary/aromatic N) is 3. The molecule has 1 saturated heterocycles. The Morgan fingerprint density at radius 3 is 2.78 bits per heavy atom. The van der Waals surface area contributed by atoms with Crippen molar-refractivity contribution in [3.63, 3.8) is 0 Å². The van der Waals surface area contributed by atoms with E-state index in [2.05, 4.69) is 16.0 Å². The number of benzene rings is 1. The summed E-state index contributed by atoms with van der Waals surface area (Å²) in [7, 11) is 0. The van der Waals surface area contributed by atoms with E-state index in [-0.39, 0.29) is 17.4 Å². The Hall–Kier alpha value is -2.56. The van der Waals surface area contributed by atoms with E-state index in [4.69, 9.17) is 0 Å². The van der Waals surface area contributed by atoms with Crippen LogP contribution < -0.4 is 9.80 Å². The zero-order chi connectivity index (χ0) is 15.8. The first-order chi connectivity index (χ1) is 11.3.